The first-order valence-electron chi connectivity index (χ1n) is 5.16. The highest BCUT2D eigenvalue weighted by molar-refractivity contribution is 5.93. The van der Waals surface area contributed by atoms with Gasteiger partial charge in [-0.3, -0.25) is 4.79 Å². The van der Waals surface area contributed by atoms with Crippen molar-refractivity contribution < 1.29 is 4.79 Å². The van der Waals surface area contributed by atoms with Crippen molar-refractivity contribution in [3.8, 4) is 0 Å². The SMILES string of the molecule is CC1CCCc2ccccc2NC1=O. The monoisotopic (exact) mass is 189 g/mol. The van der Waals surface area contributed by atoms with E-state index in [-0.39, 0.29) is 11.8 Å². The maximum atomic E-state index is 11.6. The Labute approximate surface area is 84.3 Å². The van der Waals surface area contributed by atoms with E-state index in [1.165, 1.54) is 5.56 Å². The first-order chi connectivity index (χ1) is 6.77. The van der Waals surface area contributed by atoms with Crippen molar-refractivity contribution in [1.29, 1.82) is 0 Å². The number of fused-ring (bicyclic) bond motifs is 1. The maximum Gasteiger partial charge on any atom is 0.227 e. The van der Waals surface area contributed by atoms with E-state index in [9.17, 15) is 4.79 Å². The van der Waals surface area contributed by atoms with Crippen molar-refractivity contribution >= 4 is 11.6 Å². The average Bonchev–Trinajstić information content (AvgIpc) is 2.18. The van der Waals surface area contributed by atoms with Crippen LogP contribution in [0.1, 0.15) is 25.3 Å². The number of hydrogen-bond acceptors (Lipinski definition) is 1. The summed E-state index contributed by atoms with van der Waals surface area (Å²) in [6.07, 6.45) is 3.16. The van der Waals surface area contributed by atoms with Gasteiger partial charge >= 0.3 is 0 Å². The minimum Gasteiger partial charge on any atom is -0.326 e. The van der Waals surface area contributed by atoms with Gasteiger partial charge < -0.3 is 5.32 Å². The molecule has 1 aromatic rings. The summed E-state index contributed by atoms with van der Waals surface area (Å²) in [6.45, 7) is 1.99. The van der Waals surface area contributed by atoms with E-state index in [1.807, 2.05) is 25.1 Å². The Balaban J connectivity index is 2.29. The third kappa shape index (κ3) is 1.79. The van der Waals surface area contributed by atoms with Crippen LogP contribution in [0.2, 0.25) is 0 Å². The molecule has 2 nitrogen and oxygen atoms in total. The highest BCUT2D eigenvalue weighted by Gasteiger charge is 2.16. The van der Waals surface area contributed by atoms with Crippen LogP contribution >= 0.6 is 0 Å². The smallest absolute Gasteiger partial charge is 0.227 e. The molecule has 2 rings (SSSR count). The van der Waals surface area contributed by atoms with Crippen LogP contribution in [0.5, 0.6) is 0 Å². The number of aryl methyl sites for hydroxylation is 1. The molecule has 14 heavy (non-hydrogen) atoms. The van der Waals surface area contributed by atoms with Gasteiger partial charge in [0, 0.05) is 11.6 Å². The van der Waals surface area contributed by atoms with Gasteiger partial charge in [-0.15, -0.1) is 0 Å². The average molecular weight is 189 g/mol. The minimum atomic E-state index is 0.142. The molecule has 2 heteroatoms. The lowest BCUT2D eigenvalue weighted by Crippen LogP contribution is -2.23. The topological polar surface area (TPSA) is 29.1 Å². The second-order valence-corrected chi connectivity index (χ2v) is 3.94. The van der Waals surface area contributed by atoms with Crippen molar-refractivity contribution in [1.82, 2.24) is 0 Å². The number of hydrogen-bond donors (Lipinski definition) is 1. The number of nitrogens with one attached hydrogen (secondary N) is 1. The third-order valence-corrected chi connectivity index (χ3v) is 2.81. The first-order valence-corrected chi connectivity index (χ1v) is 5.16. The van der Waals surface area contributed by atoms with Gasteiger partial charge in [-0.25, -0.2) is 0 Å². The number of anilines is 1. The molecule has 1 aromatic carbocycles. The zero-order valence-electron chi connectivity index (χ0n) is 8.42. The molecule has 74 valence electrons. The fourth-order valence-electron chi connectivity index (χ4n) is 1.85. The summed E-state index contributed by atoms with van der Waals surface area (Å²) in [5, 5.41) is 2.97. The molecule has 1 atom stereocenters. The van der Waals surface area contributed by atoms with Crippen LogP contribution in [0.3, 0.4) is 0 Å². The fourth-order valence-corrected chi connectivity index (χ4v) is 1.85. The van der Waals surface area contributed by atoms with Crippen molar-refractivity contribution in [2.24, 2.45) is 5.92 Å². The predicted molar refractivity (Wildman–Crippen MR) is 57.2 cm³/mol. The Hall–Kier alpha value is -1.31. The molecule has 0 aromatic heterocycles. The Morgan fingerprint density at radius 2 is 2.14 bits per heavy atom. The second kappa shape index (κ2) is 3.82. The summed E-state index contributed by atoms with van der Waals surface area (Å²) < 4.78 is 0. The molecule has 0 aliphatic carbocycles. The highest BCUT2D eigenvalue weighted by Crippen LogP contribution is 2.22. The Morgan fingerprint density at radius 3 is 3.00 bits per heavy atom. The third-order valence-electron chi connectivity index (χ3n) is 2.81. The summed E-state index contributed by atoms with van der Waals surface area (Å²) >= 11 is 0. The van der Waals surface area contributed by atoms with E-state index >= 15 is 0 Å². The van der Waals surface area contributed by atoms with E-state index in [0.29, 0.717) is 0 Å². The van der Waals surface area contributed by atoms with Gasteiger partial charge in [-0.1, -0.05) is 25.1 Å². The van der Waals surface area contributed by atoms with Crippen molar-refractivity contribution in [2.75, 3.05) is 5.32 Å². The molecule has 0 radical (unpaired) electrons. The first kappa shape index (κ1) is 9.25. The van der Waals surface area contributed by atoms with E-state index in [4.69, 9.17) is 0 Å². The van der Waals surface area contributed by atoms with Crippen LogP contribution in [0.15, 0.2) is 24.3 Å². The number of rotatable bonds is 0. The van der Waals surface area contributed by atoms with Crippen molar-refractivity contribution in [2.45, 2.75) is 26.2 Å². The lowest BCUT2D eigenvalue weighted by Gasteiger charge is -2.18. The summed E-state index contributed by atoms with van der Waals surface area (Å²) in [5.74, 6) is 0.292. The summed E-state index contributed by atoms with van der Waals surface area (Å²) in [6, 6.07) is 8.05. The molecule has 1 N–H and O–H groups in total. The van der Waals surface area contributed by atoms with E-state index in [2.05, 4.69) is 11.4 Å². The summed E-state index contributed by atoms with van der Waals surface area (Å²) in [7, 11) is 0. The number of amides is 1. The standard InChI is InChI=1S/C12H15NO/c1-9-5-4-7-10-6-2-3-8-11(10)13-12(9)14/h2-3,6,8-9H,4-5,7H2,1H3,(H,13,14). The van der Waals surface area contributed by atoms with Crippen LogP contribution in [-0.2, 0) is 11.2 Å². The fraction of sp³-hybridized carbons (Fsp3) is 0.417. The molecule has 1 amide bonds. The number of carbonyl (C=O) groups is 1. The Morgan fingerprint density at radius 1 is 1.36 bits per heavy atom. The molecular weight excluding hydrogens is 174 g/mol. The predicted octanol–water partition coefficient (Wildman–Crippen LogP) is 2.60. The van der Waals surface area contributed by atoms with Gasteiger partial charge in [-0.05, 0) is 30.9 Å². The van der Waals surface area contributed by atoms with Crippen LogP contribution in [-0.4, -0.2) is 5.91 Å². The van der Waals surface area contributed by atoms with E-state index in [1.54, 1.807) is 0 Å². The van der Waals surface area contributed by atoms with Gasteiger partial charge in [-0.2, -0.15) is 0 Å². The van der Waals surface area contributed by atoms with Crippen molar-refractivity contribution in [3.63, 3.8) is 0 Å². The largest absolute Gasteiger partial charge is 0.326 e. The van der Waals surface area contributed by atoms with E-state index < -0.39 is 0 Å². The molecule has 0 saturated heterocycles. The Bertz CT molecular complexity index is 346. The molecule has 0 fully saturated rings. The number of benzene rings is 1. The second-order valence-electron chi connectivity index (χ2n) is 3.94. The van der Waals surface area contributed by atoms with Crippen molar-refractivity contribution in [3.05, 3.63) is 29.8 Å². The summed E-state index contributed by atoms with van der Waals surface area (Å²) in [4.78, 5) is 11.6. The van der Waals surface area contributed by atoms with Crippen LogP contribution in [0.25, 0.3) is 0 Å². The van der Waals surface area contributed by atoms with E-state index in [0.717, 1.165) is 24.9 Å². The Kier molecular flexibility index (Phi) is 2.53. The molecule has 1 aliphatic heterocycles. The molecular formula is C12H15NO. The van der Waals surface area contributed by atoms with Crippen LogP contribution in [0.4, 0.5) is 5.69 Å². The lowest BCUT2D eigenvalue weighted by molar-refractivity contribution is -0.119. The van der Waals surface area contributed by atoms with Gasteiger partial charge in [0.05, 0.1) is 0 Å². The van der Waals surface area contributed by atoms with Crippen LogP contribution < -0.4 is 5.32 Å². The quantitative estimate of drug-likeness (QED) is 0.667. The van der Waals surface area contributed by atoms with Gasteiger partial charge in [0.15, 0.2) is 0 Å². The van der Waals surface area contributed by atoms with Crippen LogP contribution in [0, 0.1) is 5.92 Å². The molecule has 0 saturated carbocycles. The minimum absolute atomic E-state index is 0.142. The molecule has 1 aliphatic rings. The lowest BCUT2D eigenvalue weighted by atomic mass is 9.97. The number of carbonyl (C=O) groups excluding carboxylic acids is 1. The van der Waals surface area contributed by atoms with Gasteiger partial charge in [0.25, 0.3) is 0 Å². The highest BCUT2D eigenvalue weighted by atomic mass is 16.1. The zero-order chi connectivity index (χ0) is 9.97. The molecule has 0 bridgehead atoms. The number of para-hydroxylation sites is 1. The maximum absolute atomic E-state index is 11.6. The summed E-state index contributed by atoms with van der Waals surface area (Å²) in [5.41, 5.74) is 2.25. The normalized spacial score (nSPS) is 21.8. The molecule has 1 unspecified atom stereocenters. The molecule has 1 heterocycles. The van der Waals surface area contributed by atoms with Gasteiger partial charge in [0.2, 0.25) is 5.91 Å². The molecule has 0 spiro atoms. The van der Waals surface area contributed by atoms with Gasteiger partial charge in [0.1, 0.15) is 0 Å². The zero-order valence-corrected chi connectivity index (χ0v) is 8.42.